The minimum absolute atomic E-state index is 0.0164. The number of rotatable bonds is 9. The molecule has 8 nitrogen and oxygen atoms in total. The molecule has 2 aromatic carbocycles. The Kier molecular flexibility index (Phi) is 8.10. The first-order valence-electron chi connectivity index (χ1n) is 11.6. The molecule has 0 saturated carbocycles. The van der Waals surface area contributed by atoms with Crippen molar-refractivity contribution in [3.63, 3.8) is 0 Å². The molecule has 0 unspecified atom stereocenters. The average Bonchev–Trinajstić information content (AvgIpc) is 3.22. The van der Waals surface area contributed by atoms with Gasteiger partial charge in [0.25, 0.3) is 5.91 Å². The second-order valence-electron chi connectivity index (χ2n) is 8.37. The Labute approximate surface area is 220 Å². The molecule has 0 bridgehead atoms. The number of aryl methyl sites for hydroxylation is 2. The number of amides is 1. The Bertz CT molecular complexity index is 1570. The molecule has 39 heavy (non-hydrogen) atoms. The van der Waals surface area contributed by atoms with E-state index in [0.29, 0.717) is 30.2 Å². The van der Waals surface area contributed by atoms with Crippen LogP contribution in [0.2, 0.25) is 0 Å². The quantitative estimate of drug-likeness (QED) is 0.230. The van der Waals surface area contributed by atoms with Crippen molar-refractivity contribution in [3.8, 4) is 40.1 Å². The van der Waals surface area contributed by atoms with Crippen LogP contribution in [0, 0.1) is 23.0 Å². The maximum absolute atomic E-state index is 14.9. The second-order valence-corrected chi connectivity index (χ2v) is 8.37. The number of phenols is 1. The van der Waals surface area contributed by atoms with Gasteiger partial charge in [0, 0.05) is 31.0 Å². The lowest BCUT2D eigenvalue weighted by molar-refractivity contribution is -0.0549. The smallest absolute Gasteiger partial charge is 0.388 e. The highest BCUT2D eigenvalue weighted by atomic mass is 19.3. The minimum atomic E-state index is -3.22. The van der Waals surface area contributed by atoms with Crippen molar-refractivity contribution in [2.24, 2.45) is 7.05 Å². The van der Waals surface area contributed by atoms with E-state index >= 15 is 0 Å². The van der Waals surface area contributed by atoms with Crippen LogP contribution in [0.1, 0.15) is 28.0 Å². The van der Waals surface area contributed by atoms with Crippen molar-refractivity contribution >= 4 is 5.91 Å². The van der Waals surface area contributed by atoms with Crippen molar-refractivity contribution < 1.29 is 32.2 Å². The zero-order valence-corrected chi connectivity index (χ0v) is 20.5. The Hall–Kier alpha value is -4.92. The molecule has 1 amide bonds. The van der Waals surface area contributed by atoms with E-state index in [1.54, 1.807) is 24.3 Å². The number of phenolic OH excluding ortho intramolecular Hbond substituents is 1. The Morgan fingerprint density at radius 2 is 1.95 bits per heavy atom. The highest BCUT2D eigenvalue weighted by Gasteiger charge is 2.26. The summed E-state index contributed by atoms with van der Waals surface area (Å²) in [5.74, 6) is -2.93. The number of aromatic nitrogens is 3. The van der Waals surface area contributed by atoms with Gasteiger partial charge >= 0.3 is 6.61 Å². The van der Waals surface area contributed by atoms with Gasteiger partial charge in [0.2, 0.25) is 5.88 Å². The summed E-state index contributed by atoms with van der Waals surface area (Å²) in [6.45, 7) is -2.96. The molecule has 2 aromatic heterocycles. The number of halogens is 4. The summed E-state index contributed by atoms with van der Waals surface area (Å²) in [4.78, 5) is 16.5. The maximum Gasteiger partial charge on any atom is 0.388 e. The second kappa shape index (κ2) is 11.6. The molecule has 200 valence electrons. The average molecular weight is 539 g/mol. The fourth-order valence-electron chi connectivity index (χ4n) is 3.99. The number of carbonyl (C=O) groups excluding carboxylic acids is 1. The van der Waals surface area contributed by atoms with Crippen molar-refractivity contribution in [2.45, 2.75) is 19.5 Å². The number of para-hydroxylation sites is 1. The molecule has 0 spiro atoms. The number of nitriles is 1. The molecular weight excluding hydrogens is 518 g/mol. The molecule has 0 aliphatic rings. The molecule has 0 atom stereocenters. The van der Waals surface area contributed by atoms with Crippen molar-refractivity contribution in [1.82, 2.24) is 20.1 Å². The molecule has 0 aliphatic carbocycles. The molecule has 0 radical (unpaired) electrons. The van der Waals surface area contributed by atoms with Crippen LogP contribution in [0.4, 0.5) is 17.6 Å². The number of hydrogen-bond donors (Lipinski definition) is 2. The summed E-state index contributed by atoms with van der Waals surface area (Å²) in [5.41, 5.74) is -0.0713. The maximum atomic E-state index is 14.9. The van der Waals surface area contributed by atoms with E-state index in [-0.39, 0.29) is 40.6 Å². The Balaban J connectivity index is 1.61. The summed E-state index contributed by atoms with van der Waals surface area (Å²) >= 11 is 0. The van der Waals surface area contributed by atoms with E-state index in [1.807, 2.05) is 0 Å². The number of carbonyl (C=O) groups is 1. The third-order valence-corrected chi connectivity index (χ3v) is 5.78. The van der Waals surface area contributed by atoms with Crippen LogP contribution in [0.15, 0.2) is 54.7 Å². The molecule has 0 fully saturated rings. The standard InChI is InChI=1S/C27H21F4N5O3/c1-36-26(39-27(30)31)23(24(35-36)19-13-20(28)16(14-32)12-21(19)29)15-8-10-33-17(11-15)5-4-9-34-25(38)18-6-2-3-7-22(18)37/h2-3,6-8,10-13,27,37H,4-5,9H2,1H3,(H,34,38). The Morgan fingerprint density at radius 3 is 2.67 bits per heavy atom. The number of nitrogens with one attached hydrogen (secondary N) is 1. The molecule has 0 saturated heterocycles. The van der Waals surface area contributed by atoms with Crippen LogP contribution in [0.5, 0.6) is 11.6 Å². The normalized spacial score (nSPS) is 10.9. The fraction of sp³-hybridized carbons (Fsp3) is 0.185. The number of alkyl halides is 2. The summed E-state index contributed by atoms with van der Waals surface area (Å²) in [5, 5.41) is 25.6. The van der Waals surface area contributed by atoms with Gasteiger partial charge in [0.1, 0.15) is 29.1 Å². The van der Waals surface area contributed by atoms with Crippen LogP contribution in [0.3, 0.4) is 0 Å². The summed E-state index contributed by atoms with van der Waals surface area (Å²) < 4.78 is 61.4. The largest absolute Gasteiger partial charge is 0.507 e. The van der Waals surface area contributed by atoms with Gasteiger partial charge in [-0.05, 0) is 54.8 Å². The lowest BCUT2D eigenvalue weighted by Gasteiger charge is -2.11. The zero-order valence-electron chi connectivity index (χ0n) is 20.5. The number of nitrogens with zero attached hydrogens (tertiary/aromatic N) is 4. The predicted octanol–water partition coefficient (Wildman–Crippen LogP) is 4.97. The minimum Gasteiger partial charge on any atom is -0.507 e. The van der Waals surface area contributed by atoms with Gasteiger partial charge in [-0.3, -0.25) is 9.78 Å². The molecular formula is C27H21F4N5O3. The summed E-state index contributed by atoms with van der Waals surface area (Å²) in [6, 6.07) is 12.2. The SMILES string of the molecule is Cn1nc(-c2cc(F)c(C#N)cc2F)c(-c2ccnc(CCCNC(=O)c3ccccc3O)c2)c1OC(F)F. The monoisotopic (exact) mass is 539 g/mol. The molecule has 4 aromatic rings. The van der Waals surface area contributed by atoms with E-state index in [1.165, 1.54) is 31.4 Å². The van der Waals surface area contributed by atoms with Gasteiger partial charge < -0.3 is 15.2 Å². The summed E-state index contributed by atoms with van der Waals surface area (Å²) in [7, 11) is 1.32. The van der Waals surface area contributed by atoms with Crippen molar-refractivity contribution in [1.29, 1.82) is 5.26 Å². The van der Waals surface area contributed by atoms with Crippen LogP contribution in [-0.2, 0) is 13.5 Å². The van der Waals surface area contributed by atoms with Gasteiger partial charge in [0.05, 0.1) is 16.7 Å². The van der Waals surface area contributed by atoms with E-state index in [9.17, 15) is 27.5 Å². The van der Waals surface area contributed by atoms with Crippen LogP contribution >= 0.6 is 0 Å². The Morgan fingerprint density at radius 1 is 1.18 bits per heavy atom. The first-order valence-corrected chi connectivity index (χ1v) is 11.6. The molecule has 0 aliphatic heterocycles. The number of ether oxygens (including phenoxy) is 1. The third-order valence-electron chi connectivity index (χ3n) is 5.78. The topological polar surface area (TPSA) is 113 Å². The van der Waals surface area contributed by atoms with Crippen LogP contribution < -0.4 is 10.1 Å². The van der Waals surface area contributed by atoms with E-state index in [2.05, 4.69) is 20.1 Å². The van der Waals surface area contributed by atoms with Gasteiger partial charge in [-0.1, -0.05) is 12.1 Å². The van der Waals surface area contributed by atoms with Crippen molar-refractivity contribution in [2.75, 3.05) is 6.54 Å². The van der Waals surface area contributed by atoms with E-state index in [0.717, 1.165) is 10.7 Å². The highest BCUT2D eigenvalue weighted by molar-refractivity contribution is 5.96. The lowest BCUT2D eigenvalue weighted by atomic mass is 9.99. The fourth-order valence-corrected chi connectivity index (χ4v) is 3.99. The molecule has 12 heteroatoms. The van der Waals surface area contributed by atoms with Gasteiger partial charge in [-0.2, -0.15) is 19.1 Å². The zero-order chi connectivity index (χ0) is 28.1. The number of pyridine rings is 1. The molecule has 2 N–H and O–H groups in total. The van der Waals surface area contributed by atoms with Gasteiger partial charge in [0.15, 0.2) is 0 Å². The lowest BCUT2D eigenvalue weighted by Crippen LogP contribution is -2.24. The molecule has 2 heterocycles. The molecule has 4 rings (SSSR count). The highest BCUT2D eigenvalue weighted by Crippen LogP contribution is 2.41. The number of hydrogen-bond acceptors (Lipinski definition) is 6. The van der Waals surface area contributed by atoms with Gasteiger partial charge in [-0.25, -0.2) is 13.5 Å². The predicted molar refractivity (Wildman–Crippen MR) is 132 cm³/mol. The van der Waals surface area contributed by atoms with E-state index < -0.39 is 29.7 Å². The number of benzene rings is 2. The van der Waals surface area contributed by atoms with Gasteiger partial charge in [-0.15, -0.1) is 0 Å². The summed E-state index contributed by atoms with van der Waals surface area (Å²) in [6.07, 6.45) is 2.24. The van der Waals surface area contributed by atoms with Crippen LogP contribution in [0.25, 0.3) is 22.4 Å². The van der Waals surface area contributed by atoms with Crippen LogP contribution in [-0.4, -0.2) is 38.9 Å². The third kappa shape index (κ3) is 5.98. The van der Waals surface area contributed by atoms with Crippen molar-refractivity contribution in [3.05, 3.63) is 83.2 Å². The first-order chi connectivity index (χ1) is 18.7. The first kappa shape index (κ1) is 27.1. The van der Waals surface area contributed by atoms with E-state index in [4.69, 9.17) is 5.26 Å². The number of aromatic hydroxyl groups is 1.